The third kappa shape index (κ3) is 2.20. The molecule has 17 heavy (non-hydrogen) atoms. The number of amides is 1. The largest absolute Gasteiger partial charge is 0.347 e. The van der Waals surface area contributed by atoms with Crippen molar-refractivity contribution in [2.75, 3.05) is 0 Å². The maximum Gasteiger partial charge on any atom is 0.240 e. The van der Waals surface area contributed by atoms with Gasteiger partial charge in [-0.05, 0) is 37.1 Å². The molecular formula is C13H16N2OS. The van der Waals surface area contributed by atoms with E-state index < -0.39 is 5.41 Å². The number of carbonyl (C=O) groups is 1. The fourth-order valence-corrected chi connectivity index (χ4v) is 3.14. The highest BCUT2D eigenvalue weighted by molar-refractivity contribution is 7.10. The van der Waals surface area contributed by atoms with Gasteiger partial charge in [-0.15, -0.1) is 11.3 Å². The summed E-state index contributed by atoms with van der Waals surface area (Å²) < 4.78 is 0. The number of nitriles is 1. The molecule has 1 aliphatic rings. The maximum atomic E-state index is 12.1. The van der Waals surface area contributed by atoms with E-state index in [9.17, 15) is 4.79 Å². The SMILES string of the molecule is CC1CC(C#N)(C(=O)NC(C)c2cccs2)C1. The molecule has 0 saturated heterocycles. The molecule has 1 heterocycles. The van der Waals surface area contributed by atoms with E-state index in [2.05, 4.69) is 18.3 Å². The summed E-state index contributed by atoms with van der Waals surface area (Å²) in [6.07, 6.45) is 1.37. The predicted molar refractivity (Wildman–Crippen MR) is 67.3 cm³/mol. The molecule has 2 rings (SSSR count). The minimum absolute atomic E-state index is 0.0105. The number of hydrogen-bond acceptors (Lipinski definition) is 3. The van der Waals surface area contributed by atoms with Gasteiger partial charge in [0.1, 0.15) is 5.41 Å². The van der Waals surface area contributed by atoms with Crippen LogP contribution in [0.5, 0.6) is 0 Å². The summed E-state index contributed by atoms with van der Waals surface area (Å²) in [5, 5.41) is 14.1. The van der Waals surface area contributed by atoms with Gasteiger partial charge in [0.05, 0.1) is 12.1 Å². The molecule has 0 aliphatic heterocycles. The van der Waals surface area contributed by atoms with Crippen LogP contribution in [0.25, 0.3) is 0 Å². The molecule has 1 N–H and O–H groups in total. The maximum absolute atomic E-state index is 12.1. The first-order valence-electron chi connectivity index (χ1n) is 5.83. The normalized spacial score (nSPS) is 28.9. The van der Waals surface area contributed by atoms with Crippen LogP contribution >= 0.6 is 11.3 Å². The molecule has 1 saturated carbocycles. The topological polar surface area (TPSA) is 52.9 Å². The van der Waals surface area contributed by atoms with Crippen LogP contribution in [-0.2, 0) is 4.79 Å². The van der Waals surface area contributed by atoms with E-state index in [0.29, 0.717) is 18.8 Å². The van der Waals surface area contributed by atoms with Crippen LogP contribution in [0, 0.1) is 22.7 Å². The van der Waals surface area contributed by atoms with E-state index in [-0.39, 0.29) is 11.9 Å². The number of nitrogens with one attached hydrogen (secondary N) is 1. The number of carbonyl (C=O) groups excluding carboxylic acids is 1. The average Bonchev–Trinajstić information content (AvgIpc) is 2.77. The second-order valence-electron chi connectivity index (χ2n) is 4.92. The molecule has 1 aromatic rings. The van der Waals surface area contributed by atoms with Gasteiger partial charge in [0.15, 0.2) is 0 Å². The van der Waals surface area contributed by atoms with Gasteiger partial charge in [-0.25, -0.2) is 0 Å². The summed E-state index contributed by atoms with van der Waals surface area (Å²) in [5.74, 6) is 0.372. The first kappa shape index (κ1) is 12.1. The molecule has 0 spiro atoms. The second kappa shape index (κ2) is 4.50. The van der Waals surface area contributed by atoms with Crippen molar-refractivity contribution < 1.29 is 4.79 Å². The standard InChI is InChI=1S/C13H16N2OS/c1-9-6-13(7-9,8-14)12(16)15-10(2)11-4-3-5-17-11/h3-5,9-10H,6-7H2,1-2H3,(H,15,16). The molecule has 3 nitrogen and oxygen atoms in total. The van der Waals surface area contributed by atoms with Crippen molar-refractivity contribution in [2.24, 2.45) is 11.3 Å². The van der Waals surface area contributed by atoms with Gasteiger partial charge in [-0.2, -0.15) is 5.26 Å². The fraction of sp³-hybridized carbons (Fsp3) is 0.538. The molecular weight excluding hydrogens is 232 g/mol. The lowest BCUT2D eigenvalue weighted by atomic mass is 9.63. The van der Waals surface area contributed by atoms with E-state index >= 15 is 0 Å². The van der Waals surface area contributed by atoms with E-state index in [1.165, 1.54) is 0 Å². The van der Waals surface area contributed by atoms with Crippen LogP contribution in [0.15, 0.2) is 17.5 Å². The fourth-order valence-electron chi connectivity index (χ4n) is 2.40. The van der Waals surface area contributed by atoms with Crippen molar-refractivity contribution in [3.8, 4) is 6.07 Å². The Labute approximate surface area is 105 Å². The average molecular weight is 248 g/mol. The van der Waals surface area contributed by atoms with Crippen LogP contribution in [-0.4, -0.2) is 5.91 Å². The Morgan fingerprint density at radius 3 is 2.88 bits per heavy atom. The highest BCUT2D eigenvalue weighted by atomic mass is 32.1. The first-order chi connectivity index (χ1) is 8.07. The zero-order valence-electron chi connectivity index (χ0n) is 10.1. The summed E-state index contributed by atoms with van der Waals surface area (Å²) in [5.41, 5.74) is -0.773. The molecule has 1 atom stereocenters. The summed E-state index contributed by atoms with van der Waals surface area (Å²) in [6, 6.07) is 6.14. The summed E-state index contributed by atoms with van der Waals surface area (Å²) in [7, 11) is 0. The molecule has 0 radical (unpaired) electrons. The molecule has 0 bridgehead atoms. The molecule has 1 aliphatic carbocycles. The second-order valence-corrected chi connectivity index (χ2v) is 5.90. The van der Waals surface area contributed by atoms with Crippen molar-refractivity contribution in [1.82, 2.24) is 5.32 Å². The van der Waals surface area contributed by atoms with Gasteiger partial charge < -0.3 is 5.32 Å². The van der Waals surface area contributed by atoms with Gasteiger partial charge in [-0.1, -0.05) is 13.0 Å². The summed E-state index contributed by atoms with van der Waals surface area (Å²) in [6.45, 7) is 4.03. The Bertz CT molecular complexity index is 440. The first-order valence-corrected chi connectivity index (χ1v) is 6.71. The van der Waals surface area contributed by atoms with Crippen molar-refractivity contribution in [3.05, 3.63) is 22.4 Å². The molecule has 1 fully saturated rings. The Balaban J connectivity index is 2.00. The minimum atomic E-state index is -0.773. The van der Waals surface area contributed by atoms with Gasteiger partial charge in [-0.3, -0.25) is 4.79 Å². The number of hydrogen-bond donors (Lipinski definition) is 1. The highest BCUT2D eigenvalue weighted by Crippen LogP contribution is 2.45. The smallest absolute Gasteiger partial charge is 0.240 e. The summed E-state index contributed by atoms with van der Waals surface area (Å²) in [4.78, 5) is 13.2. The van der Waals surface area contributed by atoms with Crippen LogP contribution < -0.4 is 5.32 Å². The molecule has 1 unspecified atom stereocenters. The van der Waals surface area contributed by atoms with Gasteiger partial charge in [0.25, 0.3) is 0 Å². The Morgan fingerprint density at radius 1 is 1.71 bits per heavy atom. The monoisotopic (exact) mass is 248 g/mol. The van der Waals surface area contributed by atoms with Crippen LogP contribution in [0.4, 0.5) is 0 Å². The molecule has 1 amide bonds. The van der Waals surface area contributed by atoms with Crippen molar-refractivity contribution in [1.29, 1.82) is 5.26 Å². The lowest BCUT2D eigenvalue weighted by Crippen LogP contribution is -2.48. The van der Waals surface area contributed by atoms with Crippen molar-refractivity contribution in [2.45, 2.75) is 32.7 Å². The third-order valence-electron chi connectivity index (χ3n) is 3.36. The van der Waals surface area contributed by atoms with Crippen LogP contribution in [0.2, 0.25) is 0 Å². The summed E-state index contributed by atoms with van der Waals surface area (Å²) >= 11 is 1.62. The van der Waals surface area contributed by atoms with Crippen molar-refractivity contribution in [3.63, 3.8) is 0 Å². The van der Waals surface area contributed by atoms with Crippen LogP contribution in [0.3, 0.4) is 0 Å². The lowest BCUT2D eigenvalue weighted by Gasteiger charge is -2.39. The predicted octanol–water partition coefficient (Wildman–Crippen LogP) is 2.87. The van der Waals surface area contributed by atoms with E-state index in [1.807, 2.05) is 24.4 Å². The van der Waals surface area contributed by atoms with Gasteiger partial charge in [0, 0.05) is 4.88 Å². The van der Waals surface area contributed by atoms with Crippen LogP contribution in [0.1, 0.15) is 37.6 Å². The molecule has 0 aromatic carbocycles. The molecule has 90 valence electrons. The van der Waals surface area contributed by atoms with E-state index in [4.69, 9.17) is 5.26 Å². The third-order valence-corrected chi connectivity index (χ3v) is 4.42. The van der Waals surface area contributed by atoms with Crippen molar-refractivity contribution >= 4 is 17.2 Å². The zero-order chi connectivity index (χ0) is 12.5. The minimum Gasteiger partial charge on any atom is -0.347 e. The highest BCUT2D eigenvalue weighted by Gasteiger charge is 2.49. The number of rotatable bonds is 3. The Hall–Kier alpha value is -1.34. The van der Waals surface area contributed by atoms with E-state index in [1.54, 1.807) is 11.3 Å². The molecule has 1 aromatic heterocycles. The molecule has 4 heteroatoms. The number of thiophene rings is 1. The van der Waals surface area contributed by atoms with Gasteiger partial charge in [0.2, 0.25) is 5.91 Å². The Kier molecular flexibility index (Phi) is 3.21. The zero-order valence-corrected chi connectivity index (χ0v) is 10.9. The van der Waals surface area contributed by atoms with E-state index in [0.717, 1.165) is 4.88 Å². The number of nitrogens with zero attached hydrogens (tertiary/aromatic N) is 1. The Morgan fingerprint density at radius 2 is 2.41 bits per heavy atom. The quantitative estimate of drug-likeness (QED) is 0.894. The van der Waals surface area contributed by atoms with Gasteiger partial charge >= 0.3 is 0 Å². The lowest BCUT2D eigenvalue weighted by molar-refractivity contribution is -0.134.